The highest BCUT2D eigenvalue weighted by Crippen LogP contribution is 2.18. The largest absolute Gasteiger partial charge is 0.469 e. The van der Waals surface area contributed by atoms with E-state index in [1.165, 1.54) is 6.92 Å². The normalized spacial score (nSPS) is 11.5. The third kappa shape index (κ3) is 2.86. The van der Waals surface area contributed by atoms with E-state index in [0.717, 1.165) is 6.33 Å². The van der Waals surface area contributed by atoms with Crippen LogP contribution in [-0.2, 0) is 0 Å². The summed E-state index contributed by atoms with van der Waals surface area (Å²) in [6, 6.07) is 0. The first-order chi connectivity index (χ1) is 6.40. The molecule has 6 heteroatoms. The van der Waals surface area contributed by atoms with Gasteiger partial charge in [-0.25, -0.2) is 13.8 Å². The van der Waals surface area contributed by atoms with E-state index in [2.05, 4.69) is 14.7 Å². The minimum absolute atomic E-state index is 0.0643. The van der Waals surface area contributed by atoms with Gasteiger partial charge in [0.25, 0.3) is 11.8 Å². The van der Waals surface area contributed by atoms with Crippen molar-refractivity contribution in [3.05, 3.63) is 17.8 Å². The number of rotatable bonds is 3. The second kappa shape index (κ2) is 3.81. The predicted octanol–water partition coefficient (Wildman–Crippen LogP) is 1.96. The van der Waals surface area contributed by atoms with Crippen molar-refractivity contribution in [3.8, 4) is 5.88 Å². The fourth-order valence-corrected chi connectivity index (χ4v) is 0.732. The van der Waals surface area contributed by atoms with Crippen LogP contribution in [0.1, 0.15) is 12.6 Å². The molecule has 0 aliphatic rings. The Morgan fingerprint density at radius 2 is 2.07 bits per heavy atom. The van der Waals surface area contributed by atoms with Crippen LogP contribution in [0.5, 0.6) is 5.88 Å². The Labute approximate surface area is 78.9 Å². The third-order valence-electron chi connectivity index (χ3n) is 1.39. The molecule has 0 saturated carbocycles. The molecule has 0 amide bonds. The van der Waals surface area contributed by atoms with Crippen LogP contribution in [0.3, 0.4) is 0 Å². The minimum atomic E-state index is -3.01. The van der Waals surface area contributed by atoms with Gasteiger partial charge in [-0.15, -0.1) is 0 Å². The van der Waals surface area contributed by atoms with Gasteiger partial charge in [-0.1, -0.05) is 0 Å². The second-order valence-electron chi connectivity index (χ2n) is 2.94. The van der Waals surface area contributed by atoms with Gasteiger partial charge >= 0.3 is 0 Å². The Morgan fingerprint density at radius 3 is 2.64 bits per heavy atom. The first-order valence-electron chi connectivity index (χ1n) is 3.88. The molecule has 0 atom stereocenters. The summed E-state index contributed by atoms with van der Waals surface area (Å²) < 4.78 is 42.3. The van der Waals surface area contributed by atoms with E-state index in [1.807, 2.05) is 0 Å². The maximum absolute atomic E-state index is 13.1. The van der Waals surface area contributed by atoms with Crippen LogP contribution in [0, 0.1) is 12.7 Å². The molecule has 0 saturated heterocycles. The van der Waals surface area contributed by atoms with E-state index in [1.54, 1.807) is 0 Å². The number of aromatic nitrogens is 2. The highest BCUT2D eigenvalue weighted by atomic mass is 19.3. The predicted molar refractivity (Wildman–Crippen MR) is 42.8 cm³/mol. The summed E-state index contributed by atoms with van der Waals surface area (Å²) in [5, 5.41) is 0. The van der Waals surface area contributed by atoms with Crippen molar-refractivity contribution in [2.24, 2.45) is 0 Å². The molecule has 0 spiro atoms. The standard InChI is InChI=1S/C8H9F3N2O/c1-5-6(9)7(13-4-12-5)14-3-8(2,10)11/h4H,3H2,1-2H3. The van der Waals surface area contributed by atoms with Crippen molar-refractivity contribution in [1.29, 1.82) is 0 Å². The summed E-state index contributed by atoms with van der Waals surface area (Å²) in [5.41, 5.74) is 0.0643. The van der Waals surface area contributed by atoms with Crippen LogP contribution in [-0.4, -0.2) is 22.5 Å². The van der Waals surface area contributed by atoms with E-state index in [-0.39, 0.29) is 5.69 Å². The SMILES string of the molecule is Cc1ncnc(OCC(C)(F)F)c1F. The van der Waals surface area contributed by atoms with Crippen molar-refractivity contribution in [3.63, 3.8) is 0 Å². The van der Waals surface area contributed by atoms with Crippen molar-refractivity contribution >= 4 is 0 Å². The minimum Gasteiger partial charge on any atom is -0.469 e. The van der Waals surface area contributed by atoms with Gasteiger partial charge in [0.15, 0.2) is 6.61 Å². The highest BCUT2D eigenvalue weighted by molar-refractivity contribution is 5.15. The summed E-state index contributed by atoms with van der Waals surface area (Å²) >= 11 is 0. The molecule has 0 N–H and O–H groups in total. The molecule has 0 aliphatic heterocycles. The van der Waals surface area contributed by atoms with Crippen molar-refractivity contribution in [2.45, 2.75) is 19.8 Å². The Morgan fingerprint density at radius 1 is 1.43 bits per heavy atom. The van der Waals surface area contributed by atoms with E-state index in [4.69, 9.17) is 0 Å². The van der Waals surface area contributed by atoms with Crippen LogP contribution < -0.4 is 4.74 Å². The molecule has 1 aromatic heterocycles. The lowest BCUT2D eigenvalue weighted by molar-refractivity contribution is -0.0254. The fourth-order valence-electron chi connectivity index (χ4n) is 0.732. The monoisotopic (exact) mass is 206 g/mol. The fraction of sp³-hybridized carbons (Fsp3) is 0.500. The first-order valence-corrected chi connectivity index (χ1v) is 3.88. The van der Waals surface area contributed by atoms with Crippen molar-refractivity contribution < 1.29 is 17.9 Å². The number of alkyl halides is 2. The molecule has 0 fully saturated rings. The van der Waals surface area contributed by atoms with Gasteiger partial charge in [-0.2, -0.15) is 9.37 Å². The molecular formula is C8H9F3N2O. The van der Waals surface area contributed by atoms with E-state index in [0.29, 0.717) is 6.92 Å². The number of halogens is 3. The number of aryl methyl sites for hydroxylation is 1. The molecule has 0 aliphatic carbocycles. The maximum atomic E-state index is 13.1. The molecule has 1 aromatic rings. The molecule has 3 nitrogen and oxygen atoms in total. The lowest BCUT2D eigenvalue weighted by Crippen LogP contribution is -2.21. The van der Waals surface area contributed by atoms with Gasteiger partial charge in [-0.3, -0.25) is 0 Å². The summed E-state index contributed by atoms with van der Waals surface area (Å²) in [4.78, 5) is 6.93. The second-order valence-corrected chi connectivity index (χ2v) is 2.94. The molecule has 14 heavy (non-hydrogen) atoms. The zero-order chi connectivity index (χ0) is 10.8. The summed E-state index contributed by atoms with van der Waals surface area (Å²) in [6.45, 7) is 1.17. The number of hydrogen-bond acceptors (Lipinski definition) is 3. The van der Waals surface area contributed by atoms with Gasteiger partial charge in [-0.05, 0) is 6.92 Å². The van der Waals surface area contributed by atoms with Crippen LogP contribution >= 0.6 is 0 Å². The highest BCUT2D eigenvalue weighted by Gasteiger charge is 2.23. The maximum Gasteiger partial charge on any atom is 0.278 e. The van der Waals surface area contributed by atoms with E-state index in [9.17, 15) is 13.2 Å². The quantitative estimate of drug-likeness (QED) is 0.758. The van der Waals surface area contributed by atoms with Gasteiger partial charge in [0, 0.05) is 6.92 Å². The third-order valence-corrected chi connectivity index (χ3v) is 1.39. The number of hydrogen-bond donors (Lipinski definition) is 0. The molecule has 0 radical (unpaired) electrons. The van der Waals surface area contributed by atoms with Crippen LogP contribution in [0.4, 0.5) is 13.2 Å². The van der Waals surface area contributed by atoms with Crippen molar-refractivity contribution in [2.75, 3.05) is 6.61 Å². The Hall–Kier alpha value is -1.33. The van der Waals surface area contributed by atoms with Gasteiger partial charge in [0.1, 0.15) is 6.33 Å². The average Bonchev–Trinajstić information content (AvgIpc) is 2.06. The Bertz CT molecular complexity index is 325. The number of nitrogens with zero attached hydrogens (tertiary/aromatic N) is 2. The number of ether oxygens (including phenoxy) is 1. The topological polar surface area (TPSA) is 35.0 Å². The van der Waals surface area contributed by atoms with E-state index >= 15 is 0 Å². The summed E-state index contributed by atoms with van der Waals surface area (Å²) in [7, 11) is 0. The van der Waals surface area contributed by atoms with Crippen LogP contribution in [0.25, 0.3) is 0 Å². The molecular weight excluding hydrogens is 197 g/mol. The van der Waals surface area contributed by atoms with E-state index < -0.39 is 24.2 Å². The molecule has 1 rings (SSSR count). The zero-order valence-corrected chi connectivity index (χ0v) is 7.72. The van der Waals surface area contributed by atoms with Gasteiger partial charge in [0.05, 0.1) is 5.69 Å². The molecule has 78 valence electrons. The first kappa shape index (κ1) is 10.7. The van der Waals surface area contributed by atoms with Gasteiger partial charge < -0.3 is 4.74 Å². The summed E-state index contributed by atoms with van der Waals surface area (Å²) in [5.74, 6) is -4.26. The molecule has 0 unspecified atom stereocenters. The molecule has 0 aromatic carbocycles. The molecule has 0 bridgehead atoms. The lowest BCUT2D eigenvalue weighted by Gasteiger charge is -2.11. The van der Waals surface area contributed by atoms with Crippen LogP contribution in [0.15, 0.2) is 6.33 Å². The molecule has 1 heterocycles. The zero-order valence-electron chi connectivity index (χ0n) is 7.72. The average molecular weight is 206 g/mol. The Kier molecular flexibility index (Phi) is 2.93. The van der Waals surface area contributed by atoms with Crippen molar-refractivity contribution in [1.82, 2.24) is 9.97 Å². The van der Waals surface area contributed by atoms with Gasteiger partial charge in [0.2, 0.25) is 5.82 Å². The smallest absolute Gasteiger partial charge is 0.278 e. The van der Waals surface area contributed by atoms with Crippen LogP contribution in [0.2, 0.25) is 0 Å². The lowest BCUT2D eigenvalue weighted by atomic mass is 10.4. The Balaban J connectivity index is 2.73. The summed E-state index contributed by atoms with van der Waals surface area (Å²) in [6.07, 6.45) is 1.06.